The number of hydrogen-bond donors (Lipinski definition) is 2. The predicted octanol–water partition coefficient (Wildman–Crippen LogP) is 3.72. The average Bonchev–Trinajstić information content (AvgIpc) is 2.99. The fourth-order valence-corrected chi connectivity index (χ4v) is 4.08. The minimum Gasteiger partial charge on any atom is -0.450 e. The van der Waals surface area contributed by atoms with Gasteiger partial charge in [0.2, 0.25) is 5.82 Å². The van der Waals surface area contributed by atoms with Crippen LogP contribution >= 0.6 is 0 Å². The molecule has 0 aromatic carbocycles. The highest BCUT2D eigenvalue weighted by molar-refractivity contribution is 5.68. The summed E-state index contributed by atoms with van der Waals surface area (Å²) in [6.07, 6.45) is 5.34. The van der Waals surface area contributed by atoms with Gasteiger partial charge in [0.05, 0.1) is 23.1 Å². The van der Waals surface area contributed by atoms with Gasteiger partial charge in [0, 0.05) is 62.8 Å². The van der Waals surface area contributed by atoms with Gasteiger partial charge in [0.15, 0.2) is 0 Å². The molecule has 16 nitrogen and oxygen atoms in total. The summed E-state index contributed by atoms with van der Waals surface area (Å²) in [7, 11) is 0. The van der Waals surface area contributed by atoms with Gasteiger partial charge in [-0.1, -0.05) is 0 Å². The molecule has 0 spiro atoms. The van der Waals surface area contributed by atoms with E-state index in [4.69, 9.17) is 15.2 Å². The lowest BCUT2D eigenvalue weighted by Crippen LogP contribution is -2.43. The van der Waals surface area contributed by atoms with E-state index in [1.165, 1.54) is 24.4 Å². The molecule has 2 fully saturated rings. The fourth-order valence-electron chi connectivity index (χ4n) is 4.08. The molecule has 3 N–H and O–H groups in total. The van der Waals surface area contributed by atoms with Gasteiger partial charge in [-0.05, 0) is 51.7 Å². The van der Waals surface area contributed by atoms with E-state index in [2.05, 4.69) is 15.3 Å². The van der Waals surface area contributed by atoms with E-state index < -0.39 is 21.5 Å². The molecule has 2 amide bonds. The third-order valence-electron chi connectivity index (χ3n) is 6.35. The van der Waals surface area contributed by atoms with Crippen LogP contribution in [0.2, 0.25) is 0 Å². The molecular formula is C26H37FN8O8. The topological polar surface area (TPSA) is 209 Å². The molecule has 2 aliphatic heterocycles. The second-order valence-electron chi connectivity index (χ2n) is 9.33. The molecule has 2 saturated heterocycles. The number of nitrogens with two attached hydrogens (primary N) is 1. The number of ether oxygens (including phenoxy) is 2. The van der Waals surface area contributed by atoms with Crippen molar-refractivity contribution in [1.82, 2.24) is 19.8 Å². The Bertz CT molecular complexity index is 1210. The highest BCUT2D eigenvalue weighted by Crippen LogP contribution is 2.24. The number of nitrogens with one attached hydrogen (secondary N) is 1. The number of likely N-dealkylation sites (tertiary alicyclic amines) is 2. The smallest absolute Gasteiger partial charge is 0.409 e. The molecule has 2 aliphatic rings. The lowest BCUT2D eigenvalue weighted by atomic mass is 10.1. The molecule has 0 radical (unpaired) electrons. The first-order chi connectivity index (χ1) is 20.6. The van der Waals surface area contributed by atoms with Crippen LogP contribution in [0.15, 0.2) is 36.7 Å². The van der Waals surface area contributed by atoms with Gasteiger partial charge in [-0.2, -0.15) is 4.39 Å². The molecule has 17 heteroatoms. The average molecular weight is 609 g/mol. The Kier molecular flexibility index (Phi) is 14.4. The summed E-state index contributed by atoms with van der Waals surface area (Å²) >= 11 is 0. The van der Waals surface area contributed by atoms with Gasteiger partial charge >= 0.3 is 23.6 Å². The maximum absolute atomic E-state index is 12.3. The second-order valence-corrected chi connectivity index (χ2v) is 9.33. The Morgan fingerprint density at radius 1 is 0.907 bits per heavy atom. The summed E-state index contributed by atoms with van der Waals surface area (Å²) in [6, 6.07) is 5.64. The third kappa shape index (κ3) is 11.6. The molecule has 0 aliphatic carbocycles. The van der Waals surface area contributed by atoms with Gasteiger partial charge in [0.1, 0.15) is 0 Å². The van der Waals surface area contributed by atoms with Crippen molar-refractivity contribution in [2.45, 2.75) is 51.6 Å². The Labute approximate surface area is 247 Å². The number of anilines is 1. The summed E-state index contributed by atoms with van der Waals surface area (Å²) in [5, 5.41) is 24.0. The van der Waals surface area contributed by atoms with Gasteiger partial charge in [0.25, 0.3) is 5.95 Å². The van der Waals surface area contributed by atoms with Gasteiger partial charge in [-0.15, -0.1) is 0 Å². The number of piperidine rings is 2. The van der Waals surface area contributed by atoms with Crippen LogP contribution < -0.4 is 11.1 Å². The van der Waals surface area contributed by atoms with Crippen LogP contribution in [-0.2, 0) is 9.47 Å². The summed E-state index contributed by atoms with van der Waals surface area (Å²) in [4.78, 5) is 52.8. The number of carbonyl (C=O) groups is 2. The SMILES string of the molecule is CCOC(=O)N1CCC(N)CC1.CCOC(=O)N1CCC(Nc2ncccc2[N+](=O)[O-])CC1.O=[N+]([O-])c1cccnc1F. The monoisotopic (exact) mass is 608 g/mol. The number of amides is 2. The number of aromatic nitrogens is 2. The lowest BCUT2D eigenvalue weighted by molar-refractivity contribution is -0.388. The molecule has 4 heterocycles. The number of nitro groups is 2. The van der Waals surface area contributed by atoms with Crippen molar-refractivity contribution in [1.29, 1.82) is 0 Å². The first-order valence-electron chi connectivity index (χ1n) is 13.8. The summed E-state index contributed by atoms with van der Waals surface area (Å²) in [5.74, 6) is -0.774. The quantitative estimate of drug-likeness (QED) is 0.273. The van der Waals surface area contributed by atoms with Crippen LogP contribution in [0.3, 0.4) is 0 Å². The number of carbonyl (C=O) groups excluding carboxylic acids is 2. The van der Waals surface area contributed by atoms with Gasteiger partial charge in [-0.25, -0.2) is 19.6 Å². The minimum absolute atomic E-state index is 0.0367. The molecule has 43 heavy (non-hydrogen) atoms. The highest BCUT2D eigenvalue weighted by atomic mass is 19.1. The van der Waals surface area contributed by atoms with Crippen molar-refractivity contribution in [3.05, 3.63) is 62.8 Å². The fraction of sp³-hybridized carbons (Fsp3) is 0.538. The van der Waals surface area contributed by atoms with Crippen molar-refractivity contribution >= 4 is 29.4 Å². The van der Waals surface area contributed by atoms with Crippen LogP contribution in [-0.4, -0.2) is 93.3 Å². The number of hydrogen-bond acceptors (Lipinski definition) is 12. The Morgan fingerprint density at radius 3 is 1.81 bits per heavy atom. The number of rotatable bonds is 6. The largest absolute Gasteiger partial charge is 0.450 e. The molecule has 2 aromatic heterocycles. The molecule has 2 aromatic rings. The van der Waals surface area contributed by atoms with Gasteiger partial charge < -0.3 is 30.3 Å². The number of nitrogens with zero attached hydrogens (tertiary/aromatic N) is 6. The molecule has 4 rings (SSSR count). The molecular weight excluding hydrogens is 571 g/mol. The van der Waals surface area contributed by atoms with Crippen molar-refractivity contribution in [2.24, 2.45) is 5.73 Å². The van der Waals surface area contributed by atoms with E-state index in [0.717, 1.165) is 38.2 Å². The minimum atomic E-state index is -1.05. The van der Waals surface area contributed by atoms with E-state index in [1.54, 1.807) is 16.7 Å². The third-order valence-corrected chi connectivity index (χ3v) is 6.35. The van der Waals surface area contributed by atoms with Crippen LogP contribution in [0.25, 0.3) is 0 Å². The Morgan fingerprint density at radius 2 is 1.37 bits per heavy atom. The molecule has 0 bridgehead atoms. The predicted molar refractivity (Wildman–Crippen MR) is 153 cm³/mol. The van der Waals surface area contributed by atoms with Crippen LogP contribution in [0.4, 0.5) is 31.2 Å². The second kappa shape index (κ2) is 18.0. The van der Waals surface area contributed by atoms with Crippen LogP contribution in [0.5, 0.6) is 0 Å². The van der Waals surface area contributed by atoms with E-state index in [0.29, 0.717) is 39.1 Å². The molecule has 0 atom stereocenters. The molecule has 0 unspecified atom stereocenters. The normalized spacial score (nSPS) is 15.2. The molecule has 0 saturated carbocycles. The maximum Gasteiger partial charge on any atom is 0.409 e. The lowest BCUT2D eigenvalue weighted by Gasteiger charge is -2.31. The van der Waals surface area contributed by atoms with Crippen LogP contribution in [0, 0.1) is 26.2 Å². The van der Waals surface area contributed by atoms with Crippen molar-refractivity contribution in [3.8, 4) is 0 Å². The Balaban J connectivity index is 0.000000248. The number of halogens is 1. The number of pyridine rings is 2. The van der Waals surface area contributed by atoms with E-state index >= 15 is 0 Å². The van der Waals surface area contributed by atoms with E-state index in [9.17, 15) is 34.2 Å². The summed E-state index contributed by atoms with van der Waals surface area (Å²) in [5.41, 5.74) is 5.06. The standard InChI is InChI=1S/C13H18N4O4.C8H16N2O2.C5H3FN2O2/c1-2-21-13(18)16-8-5-10(6-9-16)15-12-11(17(19)20)4-3-7-14-12;1-2-12-8(11)10-5-3-7(9)4-6-10;6-5-4(8(9)10)2-1-3-7-5/h3-4,7,10H,2,5-6,8-9H2,1H3,(H,14,15);7H,2-6,9H2,1H3;1-3H. The summed E-state index contributed by atoms with van der Waals surface area (Å²) < 4.78 is 22.1. The zero-order valence-electron chi connectivity index (χ0n) is 24.1. The van der Waals surface area contributed by atoms with Crippen molar-refractivity contribution < 1.29 is 33.3 Å². The zero-order chi connectivity index (χ0) is 31.8. The first kappa shape index (κ1) is 34.5. The first-order valence-corrected chi connectivity index (χ1v) is 13.8. The maximum atomic E-state index is 12.3. The van der Waals surface area contributed by atoms with Crippen molar-refractivity contribution in [2.75, 3.05) is 44.7 Å². The highest BCUT2D eigenvalue weighted by Gasteiger charge is 2.26. The van der Waals surface area contributed by atoms with Crippen molar-refractivity contribution in [3.63, 3.8) is 0 Å². The molecule has 236 valence electrons. The zero-order valence-corrected chi connectivity index (χ0v) is 24.1. The van der Waals surface area contributed by atoms with Gasteiger partial charge in [-0.3, -0.25) is 20.2 Å². The Hall–Kier alpha value is -4.67. The van der Waals surface area contributed by atoms with E-state index in [-0.39, 0.29) is 35.8 Å². The van der Waals surface area contributed by atoms with Crippen LogP contribution in [0.1, 0.15) is 39.5 Å². The van der Waals surface area contributed by atoms with E-state index in [1.807, 2.05) is 6.92 Å². The summed E-state index contributed by atoms with van der Waals surface area (Å²) in [6.45, 7) is 6.99.